The van der Waals surface area contributed by atoms with E-state index < -0.39 is 23.2 Å². The summed E-state index contributed by atoms with van der Waals surface area (Å²) in [5.41, 5.74) is 2.04. The zero-order valence-electron chi connectivity index (χ0n) is 24.8. The van der Waals surface area contributed by atoms with Crippen LogP contribution >= 0.6 is 0 Å². The van der Waals surface area contributed by atoms with Gasteiger partial charge in [0.05, 0.1) is 11.2 Å². The number of rotatable bonds is 10. The Labute approximate surface area is 249 Å². The predicted octanol–water partition coefficient (Wildman–Crippen LogP) is 4.52. The normalized spacial score (nSPS) is 22.2. The highest BCUT2D eigenvalue weighted by Gasteiger charge is 2.54. The molecule has 2 aromatic rings. The van der Waals surface area contributed by atoms with E-state index in [1.807, 2.05) is 17.0 Å². The minimum atomic E-state index is -0.919. The van der Waals surface area contributed by atoms with E-state index in [4.69, 9.17) is 5.11 Å². The number of piperazine rings is 1. The molecular weight excluding hydrogens is 530 g/mol. The van der Waals surface area contributed by atoms with Gasteiger partial charge in [0.25, 0.3) is 0 Å². The maximum Gasteiger partial charge on any atom is 0.335 e. The number of nitrogens with zero attached hydrogens (tertiary/aromatic N) is 2. The Kier molecular flexibility index (Phi) is 9.33. The second kappa shape index (κ2) is 13.0. The highest BCUT2D eigenvalue weighted by molar-refractivity contribution is 6.00. The van der Waals surface area contributed by atoms with Crippen LogP contribution in [-0.2, 0) is 22.6 Å². The topological polar surface area (TPSA) is 110 Å². The lowest BCUT2D eigenvalue weighted by molar-refractivity contribution is -0.163. The van der Waals surface area contributed by atoms with Crippen molar-refractivity contribution in [3.63, 3.8) is 0 Å². The lowest BCUT2D eigenvalue weighted by Gasteiger charge is -2.52. The van der Waals surface area contributed by atoms with Gasteiger partial charge in [0.15, 0.2) is 0 Å². The van der Waals surface area contributed by atoms with Crippen molar-refractivity contribution in [1.29, 1.82) is 0 Å². The number of piperidine rings is 1. The fourth-order valence-electron chi connectivity index (χ4n) is 7.05. The molecule has 42 heavy (non-hydrogen) atoms. The van der Waals surface area contributed by atoms with E-state index in [-0.39, 0.29) is 11.8 Å². The molecule has 0 bridgehead atoms. The Bertz CT molecular complexity index is 1240. The number of likely N-dealkylation sites (tertiary alicyclic amines) is 1. The first-order valence-corrected chi connectivity index (χ1v) is 15.7. The summed E-state index contributed by atoms with van der Waals surface area (Å²) >= 11 is 0. The third kappa shape index (κ3) is 6.70. The van der Waals surface area contributed by atoms with Gasteiger partial charge in [-0.25, -0.2) is 4.79 Å². The molecule has 1 saturated carbocycles. The van der Waals surface area contributed by atoms with Crippen LogP contribution < -0.4 is 5.32 Å². The van der Waals surface area contributed by atoms with Gasteiger partial charge in [-0.15, -0.1) is 0 Å². The minimum Gasteiger partial charge on any atom is -0.478 e. The van der Waals surface area contributed by atoms with E-state index in [9.17, 15) is 19.5 Å². The summed E-state index contributed by atoms with van der Waals surface area (Å²) in [6.07, 6.45) is 8.52. The Morgan fingerprint density at radius 1 is 0.905 bits per heavy atom. The number of carboxylic acid groups (broad SMARTS) is 1. The maximum absolute atomic E-state index is 13.8. The number of unbranched alkanes of at least 4 members (excludes halogenated alkanes) is 1. The molecule has 8 nitrogen and oxygen atoms in total. The number of hydrogen-bond acceptors (Lipinski definition) is 5. The number of carboxylic acids is 1. The molecule has 2 saturated heterocycles. The van der Waals surface area contributed by atoms with Crippen LogP contribution in [0.5, 0.6) is 0 Å². The van der Waals surface area contributed by atoms with Gasteiger partial charge in [-0.1, -0.05) is 69.0 Å². The molecule has 1 aliphatic carbocycles. The van der Waals surface area contributed by atoms with Gasteiger partial charge in [-0.05, 0) is 67.3 Å². The summed E-state index contributed by atoms with van der Waals surface area (Å²) in [6, 6.07) is 14.9. The molecule has 1 spiro atoms. The molecule has 5 rings (SSSR count). The van der Waals surface area contributed by atoms with Gasteiger partial charge in [-0.3, -0.25) is 14.5 Å². The van der Waals surface area contributed by atoms with Crippen molar-refractivity contribution in [1.82, 2.24) is 15.1 Å². The summed E-state index contributed by atoms with van der Waals surface area (Å²) in [5.74, 6) is -0.996. The van der Waals surface area contributed by atoms with Gasteiger partial charge in [0.1, 0.15) is 11.6 Å². The predicted molar refractivity (Wildman–Crippen MR) is 161 cm³/mol. The molecule has 3 fully saturated rings. The number of hydrogen-bond donors (Lipinski definition) is 3. The highest BCUT2D eigenvalue weighted by Crippen LogP contribution is 2.37. The van der Waals surface area contributed by atoms with Crippen LogP contribution in [0.15, 0.2) is 48.5 Å². The van der Waals surface area contributed by atoms with Crippen molar-refractivity contribution in [2.45, 2.75) is 101 Å². The zero-order valence-corrected chi connectivity index (χ0v) is 24.8. The first kappa shape index (κ1) is 30.2. The van der Waals surface area contributed by atoms with Gasteiger partial charge in [0, 0.05) is 32.6 Å². The quantitative estimate of drug-likeness (QED) is 0.384. The number of aromatic carboxylic acids is 1. The molecule has 226 valence electrons. The summed E-state index contributed by atoms with van der Waals surface area (Å²) in [5, 5.41) is 23.3. The lowest BCUT2D eigenvalue weighted by Crippen LogP contribution is -2.73. The van der Waals surface area contributed by atoms with Crippen LogP contribution in [0.25, 0.3) is 0 Å². The van der Waals surface area contributed by atoms with E-state index in [2.05, 4.69) is 41.4 Å². The molecule has 0 radical (unpaired) electrons. The molecule has 3 N–H and O–H groups in total. The molecule has 2 aliphatic heterocycles. The minimum absolute atomic E-state index is 0.0244. The van der Waals surface area contributed by atoms with E-state index >= 15 is 0 Å². The number of benzene rings is 2. The molecule has 3 aliphatic rings. The fourth-order valence-corrected chi connectivity index (χ4v) is 7.05. The molecule has 1 atom stereocenters. The average Bonchev–Trinajstić information content (AvgIpc) is 2.98. The van der Waals surface area contributed by atoms with Crippen LogP contribution in [0.1, 0.15) is 98.2 Å². The largest absolute Gasteiger partial charge is 0.478 e. The van der Waals surface area contributed by atoms with Gasteiger partial charge < -0.3 is 20.4 Å². The number of amides is 2. The van der Waals surface area contributed by atoms with Crippen LogP contribution in [0.2, 0.25) is 0 Å². The van der Waals surface area contributed by atoms with Crippen LogP contribution in [0.3, 0.4) is 0 Å². The van der Waals surface area contributed by atoms with Crippen LogP contribution in [0, 0.1) is 0 Å². The molecule has 0 aromatic heterocycles. The Morgan fingerprint density at radius 3 is 2.10 bits per heavy atom. The zero-order chi connectivity index (χ0) is 29.7. The van der Waals surface area contributed by atoms with E-state index in [1.54, 1.807) is 12.1 Å². The van der Waals surface area contributed by atoms with Crippen molar-refractivity contribution in [3.05, 3.63) is 70.8 Å². The molecule has 0 unspecified atom stereocenters. The van der Waals surface area contributed by atoms with Crippen LogP contribution in [0.4, 0.5) is 0 Å². The Hall–Kier alpha value is -3.23. The molecule has 2 heterocycles. The van der Waals surface area contributed by atoms with Crippen molar-refractivity contribution >= 4 is 17.8 Å². The van der Waals surface area contributed by atoms with E-state index in [0.29, 0.717) is 44.2 Å². The average molecular weight is 576 g/mol. The number of carbonyl (C=O) groups excluding carboxylic acids is 2. The summed E-state index contributed by atoms with van der Waals surface area (Å²) in [7, 11) is 0. The van der Waals surface area contributed by atoms with Crippen molar-refractivity contribution < 1.29 is 24.6 Å². The van der Waals surface area contributed by atoms with Crippen molar-refractivity contribution in [3.8, 4) is 0 Å². The summed E-state index contributed by atoms with van der Waals surface area (Å²) in [4.78, 5) is 42.8. The van der Waals surface area contributed by atoms with Gasteiger partial charge in [0.2, 0.25) is 11.8 Å². The van der Waals surface area contributed by atoms with Gasteiger partial charge >= 0.3 is 5.97 Å². The molecular formula is C34H45N3O5. The maximum atomic E-state index is 13.8. The summed E-state index contributed by atoms with van der Waals surface area (Å²) < 4.78 is 0. The Morgan fingerprint density at radius 2 is 1.50 bits per heavy atom. The molecule has 2 amide bonds. The highest BCUT2D eigenvalue weighted by atomic mass is 16.4. The first-order valence-electron chi connectivity index (χ1n) is 15.7. The second-order valence-corrected chi connectivity index (χ2v) is 12.7. The lowest BCUT2D eigenvalue weighted by atomic mass is 9.77. The smallest absolute Gasteiger partial charge is 0.335 e. The third-order valence-electron chi connectivity index (χ3n) is 9.63. The SMILES string of the molecule is CCCCN1C(=O)[C@@H](CC2(O)CCCCC2)NC(=O)C12CCN(Cc1ccc(Cc3ccc(C(=O)O)cc3)cc1)CC2. The number of nitrogens with one attached hydrogen (secondary N) is 1. The van der Waals surface area contributed by atoms with E-state index in [0.717, 1.165) is 69.3 Å². The fraction of sp³-hybridized carbons (Fsp3) is 0.559. The monoisotopic (exact) mass is 575 g/mol. The Balaban J connectivity index is 1.19. The van der Waals surface area contributed by atoms with Crippen molar-refractivity contribution in [2.24, 2.45) is 0 Å². The molecule has 2 aromatic carbocycles. The van der Waals surface area contributed by atoms with Crippen LogP contribution in [-0.4, -0.2) is 74.6 Å². The number of carbonyl (C=O) groups is 3. The standard InChI is InChI=1S/C34H45N3O5/c1-2-3-19-37-30(38)29(23-33(42)15-5-4-6-16-33)35-32(41)34(37)17-20-36(21-18-34)24-27-9-7-25(8-10-27)22-26-11-13-28(14-12-26)31(39)40/h7-14,29,42H,2-6,15-24H2,1H3,(H,35,41)(H,39,40)/t29-/m1/s1. The van der Waals surface area contributed by atoms with Gasteiger partial charge in [-0.2, -0.15) is 0 Å². The van der Waals surface area contributed by atoms with Crippen molar-refractivity contribution in [2.75, 3.05) is 19.6 Å². The second-order valence-electron chi connectivity index (χ2n) is 12.7. The third-order valence-corrected chi connectivity index (χ3v) is 9.63. The first-order chi connectivity index (χ1) is 20.2. The van der Waals surface area contributed by atoms with E-state index in [1.165, 1.54) is 5.56 Å². The summed E-state index contributed by atoms with van der Waals surface area (Å²) in [6.45, 7) is 4.93. The number of aliphatic hydroxyl groups is 1. The molecule has 8 heteroatoms.